The van der Waals surface area contributed by atoms with Crippen LogP contribution in [-0.4, -0.2) is 57.3 Å². The molecule has 0 spiro atoms. The second kappa shape index (κ2) is 6.73. The van der Waals surface area contributed by atoms with E-state index in [0.29, 0.717) is 0 Å². The van der Waals surface area contributed by atoms with E-state index in [4.69, 9.17) is 27.9 Å². The van der Waals surface area contributed by atoms with Gasteiger partial charge in [0.15, 0.2) is 17.9 Å². The van der Waals surface area contributed by atoms with Gasteiger partial charge >= 0.3 is 0 Å². The van der Waals surface area contributed by atoms with Crippen molar-refractivity contribution in [2.45, 2.75) is 81.8 Å². The molecular weight excluding hydrogens is 388 g/mol. The van der Waals surface area contributed by atoms with E-state index in [2.05, 4.69) is 0 Å². The third kappa shape index (κ3) is 3.85. The molecule has 4 rings (SSSR count). The summed E-state index contributed by atoms with van der Waals surface area (Å²) in [6.45, 7) is 8.83. The highest BCUT2D eigenvalue weighted by atomic mass is 32.2. The van der Waals surface area contributed by atoms with Crippen molar-refractivity contribution in [2.75, 3.05) is 6.61 Å². The quantitative estimate of drug-likeness (QED) is 0.692. The van der Waals surface area contributed by atoms with Crippen molar-refractivity contribution in [1.82, 2.24) is 0 Å². The summed E-state index contributed by atoms with van der Waals surface area (Å²) in [7, 11) is -3.93. The molecule has 5 atom stereocenters. The highest BCUT2D eigenvalue weighted by Crippen LogP contribution is 2.44. The van der Waals surface area contributed by atoms with Crippen LogP contribution >= 0.6 is 0 Å². The number of benzene rings is 1. The van der Waals surface area contributed by atoms with Crippen molar-refractivity contribution >= 4 is 10.1 Å². The average Bonchev–Trinajstić information content (AvgIpc) is 3.07. The fraction of sp³-hybridized carbons (Fsp3) is 0.684. The number of hydrogen-bond donors (Lipinski definition) is 0. The molecule has 0 aliphatic carbocycles. The summed E-state index contributed by atoms with van der Waals surface area (Å²) >= 11 is 0. The Morgan fingerprint density at radius 3 is 2.14 bits per heavy atom. The van der Waals surface area contributed by atoms with Crippen LogP contribution in [0.25, 0.3) is 0 Å². The lowest BCUT2D eigenvalue weighted by Crippen LogP contribution is -2.56. The largest absolute Gasteiger partial charge is 0.342 e. The molecule has 0 radical (unpaired) electrons. The lowest BCUT2D eigenvalue weighted by atomic mass is 9.99. The van der Waals surface area contributed by atoms with Crippen molar-refractivity contribution in [2.24, 2.45) is 0 Å². The highest BCUT2D eigenvalue weighted by molar-refractivity contribution is 7.86. The summed E-state index contributed by atoms with van der Waals surface area (Å²) in [5.74, 6) is -1.68. The molecule has 8 nitrogen and oxygen atoms in total. The molecule has 9 heteroatoms. The zero-order chi connectivity index (χ0) is 20.3. The first-order valence-corrected chi connectivity index (χ1v) is 10.7. The Hall–Kier alpha value is -1.07. The molecule has 0 saturated carbocycles. The zero-order valence-electron chi connectivity index (χ0n) is 16.6. The number of hydrogen-bond acceptors (Lipinski definition) is 8. The first-order valence-electron chi connectivity index (χ1n) is 9.29. The van der Waals surface area contributed by atoms with Crippen LogP contribution in [0.15, 0.2) is 29.2 Å². The van der Waals surface area contributed by atoms with Crippen LogP contribution in [0, 0.1) is 6.92 Å². The van der Waals surface area contributed by atoms with Crippen molar-refractivity contribution in [3.05, 3.63) is 29.8 Å². The topological polar surface area (TPSA) is 89.5 Å². The number of fused-ring (bicyclic) bond motifs is 3. The molecule has 0 N–H and O–H groups in total. The van der Waals surface area contributed by atoms with E-state index in [-0.39, 0.29) is 11.5 Å². The SMILES string of the molecule is Cc1ccc(S(=O)(=O)OCC2O[C@@H]3OC(C)(C)O[C@H]3C3OC(C)(C)O[C@@H]23)cc1. The summed E-state index contributed by atoms with van der Waals surface area (Å²) in [5, 5.41) is 0. The third-order valence-corrected chi connectivity index (χ3v) is 6.24. The van der Waals surface area contributed by atoms with E-state index in [0.717, 1.165) is 5.56 Å². The Labute approximate surface area is 165 Å². The third-order valence-electron chi connectivity index (χ3n) is 4.95. The van der Waals surface area contributed by atoms with Gasteiger partial charge in [-0.15, -0.1) is 0 Å². The Morgan fingerprint density at radius 2 is 1.46 bits per heavy atom. The lowest BCUT2D eigenvalue weighted by molar-refractivity contribution is -0.238. The Kier molecular flexibility index (Phi) is 4.86. The van der Waals surface area contributed by atoms with Gasteiger partial charge in [-0.3, -0.25) is 4.18 Å². The van der Waals surface area contributed by atoms with Gasteiger partial charge in [-0.2, -0.15) is 8.42 Å². The molecule has 3 aliphatic rings. The van der Waals surface area contributed by atoms with E-state index >= 15 is 0 Å². The molecule has 3 aliphatic heterocycles. The summed E-state index contributed by atoms with van der Waals surface area (Å²) in [6.07, 6.45) is -2.84. The van der Waals surface area contributed by atoms with E-state index < -0.39 is 52.4 Å². The van der Waals surface area contributed by atoms with Crippen molar-refractivity contribution in [1.29, 1.82) is 0 Å². The smallest absolute Gasteiger partial charge is 0.297 e. The summed E-state index contributed by atoms with van der Waals surface area (Å²) < 4.78 is 60.0. The molecular formula is C19H26O8S. The van der Waals surface area contributed by atoms with E-state index in [1.54, 1.807) is 39.8 Å². The van der Waals surface area contributed by atoms with Crippen LogP contribution in [0.1, 0.15) is 33.3 Å². The monoisotopic (exact) mass is 414 g/mol. The van der Waals surface area contributed by atoms with E-state index in [9.17, 15) is 8.42 Å². The lowest BCUT2D eigenvalue weighted by Gasteiger charge is -2.36. The first-order chi connectivity index (χ1) is 13.0. The van der Waals surface area contributed by atoms with Gasteiger partial charge in [-0.1, -0.05) is 17.7 Å². The second-order valence-electron chi connectivity index (χ2n) is 8.26. The van der Waals surface area contributed by atoms with Crippen LogP contribution in [0.2, 0.25) is 0 Å². The summed E-state index contributed by atoms with van der Waals surface area (Å²) in [5.41, 5.74) is 0.961. The van der Waals surface area contributed by atoms with Gasteiger partial charge in [0.2, 0.25) is 0 Å². The number of rotatable bonds is 4. The Morgan fingerprint density at radius 1 is 0.893 bits per heavy atom. The Bertz CT molecular complexity index is 832. The molecule has 2 unspecified atom stereocenters. The standard InChI is InChI=1S/C19H26O8S/c1-11-6-8-12(9-7-11)28(20,21)22-10-13-14-15(25-18(2,3)24-14)16-17(23-13)27-19(4,5)26-16/h6-9,13-17H,10H2,1-5H3/t13?,14-,15?,16-,17+/m0/s1. The molecule has 156 valence electrons. The minimum absolute atomic E-state index is 0.0915. The molecule has 0 amide bonds. The van der Waals surface area contributed by atoms with Crippen molar-refractivity contribution < 1.29 is 36.3 Å². The van der Waals surface area contributed by atoms with Gasteiger partial charge in [0.05, 0.1) is 11.5 Å². The summed E-state index contributed by atoms with van der Waals surface area (Å²) in [4.78, 5) is 0.0915. The second-order valence-corrected chi connectivity index (χ2v) is 9.87. The van der Waals surface area contributed by atoms with Gasteiger partial charge < -0.3 is 23.7 Å². The van der Waals surface area contributed by atoms with Crippen LogP contribution in [0.3, 0.4) is 0 Å². The van der Waals surface area contributed by atoms with Gasteiger partial charge in [0.25, 0.3) is 10.1 Å². The number of aryl methyl sites for hydroxylation is 1. The predicted octanol–water partition coefficient (Wildman–Crippen LogP) is 2.10. The summed E-state index contributed by atoms with van der Waals surface area (Å²) in [6, 6.07) is 6.46. The fourth-order valence-corrected chi connectivity index (χ4v) is 4.68. The zero-order valence-corrected chi connectivity index (χ0v) is 17.4. The van der Waals surface area contributed by atoms with Gasteiger partial charge in [0.1, 0.15) is 24.4 Å². The van der Waals surface area contributed by atoms with Crippen molar-refractivity contribution in [3.8, 4) is 0 Å². The van der Waals surface area contributed by atoms with Gasteiger partial charge in [-0.25, -0.2) is 0 Å². The van der Waals surface area contributed by atoms with Crippen LogP contribution in [0.5, 0.6) is 0 Å². The molecule has 0 aromatic heterocycles. The fourth-order valence-electron chi connectivity index (χ4n) is 3.76. The van der Waals surface area contributed by atoms with Gasteiger partial charge in [0, 0.05) is 0 Å². The van der Waals surface area contributed by atoms with Crippen molar-refractivity contribution in [3.63, 3.8) is 0 Å². The Balaban J connectivity index is 1.52. The molecule has 3 heterocycles. The molecule has 28 heavy (non-hydrogen) atoms. The highest BCUT2D eigenvalue weighted by Gasteiger charge is 2.60. The van der Waals surface area contributed by atoms with Gasteiger partial charge in [-0.05, 0) is 46.8 Å². The minimum atomic E-state index is -3.93. The number of ether oxygens (including phenoxy) is 5. The van der Waals surface area contributed by atoms with Crippen LogP contribution in [-0.2, 0) is 38.0 Å². The maximum atomic E-state index is 12.5. The maximum Gasteiger partial charge on any atom is 0.297 e. The van der Waals surface area contributed by atoms with Crippen LogP contribution < -0.4 is 0 Å². The molecule has 0 bridgehead atoms. The minimum Gasteiger partial charge on any atom is -0.342 e. The van der Waals surface area contributed by atoms with Crippen LogP contribution in [0.4, 0.5) is 0 Å². The predicted molar refractivity (Wildman–Crippen MR) is 96.8 cm³/mol. The average molecular weight is 414 g/mol. The maximum absolute atomic E-state index is 12.5. The molecule has 3 fully saturated rings. The first kappa shape index (κ1) is 20.2. The normalized spacial score (nSPS) is 36.1. The molecule has 1 aromatic rings. The molecule has 1 aromatic carbocycles. The van der Waals surface area contributed by atoms with E-state index in [1.165, 1.54) is 12.1 Å². The molecule has 3 saturated heterocycles. The van der Waals surface area contributed by atoms with E-state index in [1.807, 2.05) is 6.92 Å².